The van der Waals surface area contributed by atoms with E-state index in [1.54, 1.807) is 0 Å². The average Bonchev–Trinajstić information content (AvgIpc) is 2.52. The molecule has 2 rings (SSSR count). The van der Waals surface area contributed by atoms with Gasteiger partial charge in [-0.25, -0.2) is 5.43 Å². The third-order valence-electron chi connectivity index (χ3n) is 3.38. The lowest BCUT2D eigenvalue weighted by Crippen LogP contribution is -2.26. The predicted octanol–water partition coefficient (Wildman–Crippen LogP) is 4.75. The minimum Gasteiger partial charge on any atom is -0.483 e. The normalized spacial score (nSPS) is 11.3. The summed E-state index contributed by atoms with van der Waals surface area (Å²) in [5, 5.41) is 4.11. The van der Waals surface area contributed by atoms with E-state index in [0.717, 1.165) is 37.1 Å². The van der Waals surface area contributed by atoms with Gasteiger partial charge in [-0.15, -0.1) is 0 Å². The molecule has 126 valence electrons. The second kappa shape index (κ2) is 8.44. The first-order valence-electron chi connectivity index (χ1n) is 7.35. The minimum absolute atomic E-state index is 0.0829. The van der Waals surface area contributed by atoms with Crippen LogP contribution < -0.4 is 10.2 Å². The van der Waals surface area contributed by atoms with Gasteiger partial charge in [-0.3, -0.25) is 4.79 Å². The Balaban J connectivity index is 1.94. The zero-order valence-electron chi connectivity index (χ0n) is 13.7. The molecular weight excluding hydrogens is 436 g/mol. The van der Waals surface area contributed by atoms with E-state index in [1.807, 2.05) is 57.2 Å². The van der Waals surface area contributed by atoms with Crippen LogP contribution in [0.2, 0.25) is 0 Å². The number of nitrogens with zero attached hydrogens (tertiary/aromatic N) is 1. The number of hydrogen-bond acceptors (Lipinski definition) is 3. The van der Waals surface area contributed by atoms with Gasteiger partial charge in [0, 0.05) is 8.95 Å². The standard InChI is InChI=1S/C18H18Br2N2O2/c1-11-8-16(20)9-12(2)18(11)24-10-17(23)22-21-13(3)14-4-6-15(19)7-5-14/h4-9H,10H2,1-3H3,(H,22,23)/b21-13-. The van der Waals surface area contributed by atoms with Crippen molar-refractivity contribution in [3.05, 3.63) is 62.0 Å². The molecule has 0 saturated heterocycles. The molecule has 2 aromatic carbocycles. The summed E-state index contributed by atoms with van der Waals surface area (Å²) in [7, 11) is 0. The van der Waals surface area contributed by atoms with Crippen molar-refractivity contribution in [1.82, 2.24) is 5.43 Å². The van der Waals surface area contributed by atoms with Gasteiger partial charge in [0.25, 0.3) is 5.91 Å². The maximum absolute atomic E-state index is 11.9. The summed E-state index contributed by atoms with van der Waals surface area (Å²) in [6, 6.07) is 11.6. The fraction of sp³-hybridized carbons (Fsp3) is 0.222. The van der Waals surface area contributed by atoms with E-state index in [4.69, 9.17) is 4.74 Å². The van der Waals surface area contributed by atoms with Crippen LogP contribution in [0.5, 0.6) is 5.75 Å². The first kappa shape index (κ1) is 18.7. The zero-order valence-corrected chi connectivity index (χ0v) is 16.9. The second-order valence-corrected chi connectivity index (χ2v) is 7.23. The molecule has 1 amide bonds. The lowest BCUT2D eigenvalue weighted by Gasteiger charge is -2.12. The monoisotopic (exact) mass is 452 g/mol. The van der Waals surface area contributed by atoms with Gasteiger partial charge in [-0.1, -0.05) is 44.0 Å². The smallest absolute Gasteiger partial charge is 0.277 e. The van der Waals surface area contributed by atoms with Crippen molar-refractivity contribution in [2.75, 3.05) is 6.61 Å². The molecule has 0 spiro atoms. The number of halogens is 2. The number of benzene rings is 2. The van der Waals surface area contributed by atoms with Crippen LogP contribution >= 0.6 is 31.9 Å². The van der Waals surface area contributed by atoms with Crippen LogP contribution in [0.1, 0.15) is 23.6 Å². The van der Waals surface area contributed by atoms with Crippen LogP contribution in [0.15, 0.2) is 50.4 Å². The quantitative estimate of drug-likeness (QED) is 0.524. The summed E-state index contributed by atoms with van der Waals surface area (Å²) in [5.41, 5.74) is 6.14. The topological polar surface area (TPSA) is 50.7 Å². The molecule has 4 nitrogen and oxygen atoms in total. The van der Waals surface area contributed by atoms with Gasteiger partial charge in [-0.2, -0.15) is 5.10 Å². The van der Waals surface area contributed by atoms with E-state index in [1.165, 1.54) is 0 Å². The molecule has 0 aliphatic heterocycles. The molecule has 0 atom stereocenters. The van der Waals surface area contributed by atoms with E-state index in [0.29, 0.717) is 0 Å². The maximum atomic E-state index is 11.9. The fourth-order valence-corrected chi connectivity index (χ4v) is 3.15. The minimum atomic E-state index is -0.298. The van der Waals surface area contributed by atoms with Crippen molar-refractivity contribution in [1.29, 1.82) is 0 Å². The third-order valence-corrected chi connectivity index (χ3v) is 4.37. The van der Waals surface area contributed by atoms with Gasteiger partial charge in [0.2, 0.25) is 0 Å². The van der Waals surface area contributed by atoms with Gasteiger partial charge in [-0.05, 0) is 61.7 Å². The molecule has 0 fully saturated rings. The van der Waals surface area contributed by atoms with Gasteiger partial charge >= 0.3 is 0 Å². The van der Waals surface area contributed by atoms with Crippen LogP contribution in [0.4, 0.5) is 0 Å². The predicted molar refractivity (Wildman–Crippen MR) is 104 cm³/mol. The van der Waals surface area contributed by atoms with Crippen molar-refractivity contribution in [3.8, 4) is 5.75 Å². The summed E-state index contributed by atoms with van der Waals surface area (Å²) in [4.78, 5) is 11.9. The van der Waals surface area contributed by atoms with Gasteiger partial charge in [0.15, 0.2) is 6.61 Å². The molecule has 0 aliphatic carbocycles. The van der Waals surface area contributed by atoms with Crippen molar-refractivity contribution in [2.45, 2.75) is 20.8 Å². The van der Waals surface area contributed by atoms with Crippen molar-refractivity contribution in [2.24, 2.45) is 5.10 Å². The van der Waals surface area contributed by atoms with E-state index >= 15 is 0 Å². The number of amides is 1. The molecule has 1 N–H and O–H groups in total. The van der Waals surface area contributed by atoms with Crippen LogP contribution in [0.3, 0.4) is 0 Å². The molecular formula is C18H18Br2N2O2. The highest BCUT2D eigenvalue weighted by Crippen LogP contribution is 2.27. The summed E-state index contributed by atoms with van der Waals surface area (Å²) >= 11 is 6.83. The number of rotatable bonds is 5. The number of nitrogens with one attached hydrogen (secondary N) is 1. The Labute approximate surface area is 158 Å². The number of hydrogen-bond donors (Lipinski definition) is 1. The number of carbonyl (C=O) groups is 1. The van der Waals surface area contributed by atoms with Crippen LogP contribution in [0, 0.1) is 13.8 Å². The molecule has 0 heterocycles. The number of carbonyl (C=O) groups excluding carboxylic acids is 1. The SMILES string of the molecule is C/C(=N/NC(=O)COc1c(C)cc(Br)cc1C)c1ccc(Br)cc1. The van der Waals surface area contributed by atoms with Crippen molar-refractivity contribution < 1.29 is 9.53 Å². The molecule has 0 aromatic heterocycles. The summed E-state index contributed by atoms with van der Waals surface area (Å²) in [6.45, 7) is 5.65. The average molecular weight is 454 g/mol. The first-order valence-corrected chi connectivity index (χ1v) is 8.94. The van der Waals surface area contributed by atoms with Gasteiger partial charge < -0.3 is 4.74 Å². The maximum Gasteiger partial charge on any atom is 0.277 e. The van der Waals surface area contributed by atoms with E-state index in [9.17, 15) is 4.79 Å². The second-order valence-electron chi connectivity index (χ2n) is 5.40. The Kier molecular flexibility index (Phi) is 6.57. The Morgan fingerprint density at radius 2 is 1.67 bits per heavy atom. The third kappa shape index (κ3) is 5.18. The Morgan fingerprint density at radius 3 is 2.25 bits per heavy atom. The van der Waals surface area contributed by atoms with E-state index in [-0.39, 0.29) is 12.5 Å². The highest BCUT2D eigenvalue weighted by molar-refractivity contribution is 9.10. The van der Waals surface area contributed by atoms with Gasteiger partial charge in [0.1, 0.15) is 5.75 Å². The number of ether oxygens (including phenoxy) is 1. The molecule has 6 heteroatoms. The first-order chi connectivity index (χ1) is 11.4. The number of hydrazone groups is 1. The fourth-order valence-electron chi connectivity index (χ4n) is 2.20. The largest absolute Gasteiger partial charge is 0.483 e. The van der Waals surface area contributed by atoms with E-state index in [2.05, 4.69) is 42.4 Å². The molecule has 2 aromatic rings. The molecule has 0 saturated carbocycles. The van der Waals surface area contributed by atoms with Crippen molar-refractivity contribution >= 4 is 43.5 Å². The van der Waals surface area contributed by atoms with Crippen molar-refractivity contribution in [3.63, 3.8) is 0 Å². The molecule has 0 radical (unpaired) electrons. The lowest BCUT2D eigenvalue weighted by molar-refractivity contribution is -0.123. The van der Waals surface area contributed by atoms with Crippen LogP contribution in [-0.2, 0) is 4.79 Å². The van der Waals surface area contributed by atoms with Gasteiger partial charge in [0.05, 0.1) is 5.71 Å². The molecule has 0 aliphatic rings. The molecule has 0 unspecified atom stereocenters. The van der Waals surface area contributed by atoms with E-state index < -0.39 is 0 Å². The Bertz CT molecular complexity index is 748. The Hall–Kier alpha value is -1.66. The van der Waals surface area contributed by atoms with Crippen LogP contribution in [-0.4, -0.2) is 18.2 Å². The zero-order chi connectivity index (χ0) is 17.7. The molecule has 0 bridgehead atoms. The summed E-state index contributed by atoms with van der Waals surface area (Å²) in [5.74, 6) is 0.426. The molecule has 24 heavy (non-hydrogen) atoms. The number of aryl methyl sites for hydroxylation is 2. The Morgan fingerprint density at radius 1 is 1.08 bits per heavy atom. The lowest BCUT2D eigenvalue weighted by atomic mass is 10.1. The summed E-state index contributed by atoms with van der Waals surface area (Å²) in [6.07, 6.45) is 0. The summed E-state index contributed by atoms with van der Waals surface area (Å²) < 4.78 is 7.62. The highest BCUT2D eigenvalue weighted by Gasteiger charge is 2.08. The highest BCUT2D eigenvalue weighted by atomic mass is 79.9. The van der Waals surface area contributed by atoms with Crippen LogP contribution in [0.25, 0.3) is 0 Å².